The molecule has 182 valence electrons. The van der Waals surface area contributed by atoms with Gasteiger partial charge in [0, 0.05) is 11.6 Å². The van der Waals surface area contributed by atoms with Crippen LogP contribution in [0.25, 0.3) is 6.08 Å². The van der Waals surface area contributed by atoms with Gasteiger partial charge in [-0.25, -0.2) is 9.79 Å². The second kappa shape index (κ2) is 10.2. The van der Waals surface area contributed by atoms with Crippen LogP contribution in [0.1, 0.15) is 31.0 Å². The lowest BCUT2D eigenvalue weighted by Gasteiger charge is -2.26. The van der Waals surface area contributed by atoms with Crippen molar-refractivity contribution in [3.63, 3.8) is 0 Å². The predicted octanol–water partition coefficient (Wildman–Crippen LogP) is 2.82. The fraction of sp³-hybridized carbons (Fsp3) is 0.269. The summed E-state index contributed by atoms with van der Waals surface area (Å²) in [7, 11) is 4.70. The normalized spacial score (nSPS) is 15.3. The molecule has 0 N–H and O–H groups in total. The molecular weight excluding hydrogens is 468 g/mol. The highest BCUT2D eigenvalue weighted by Gasteiger charge is 2.35. The zero-order valence-corrected chi connectivity index (χ0v) is 21.0. The first-order valence-corrected chi connectivity index (χ1v) is 11.8. The van der Waals surface area contributed by atoms with E-state index in [9.17, 15) is 9.59 Å². The van der Waals surface area contributed by atoms with Crippen LogP contribution in [0, 0.1) is 0 Å². The summed E-state index contributed by atoms with van der Waals surface area (Å²) in [5.41, 5.74) is 1.99. The van der Waals surface area contributed by atoms with Crippen molar-refractivity contribution in [1.82, 2.24) is 4.57 Å². The molecule has 0 bridgehead atoms. The van der Waals surface area contributed by atoms with Gasteiger partial charge in [-0.2, -0.15) is 0 Å². The second-order valence-electron chi connectivity index (χ2n) is 7.68. The number of hydrogen-bond donors (Lipinski definition) is 0. The molecule has 8 nitrogen and oxygen atoms in total. The molecule has 1 aliphatic rings. The molecule has 2 aromatic carbocycles. The zero-order valence-electron chi connectivity index (χ0n) is 20.2. The number of hydrogen-bond acceptors (Lipinski definition) is 8. The zero-order chi connectivity index (χ0) is 25.1. The number of nitrogens with zero attached hydrogens (tertiary/aromatic N) is 2. The molecule has 1 aliphatic heterocycles. The Bertz CT molecular complexity index is 1470. The third-order valence-corrected chi connectivity index (χ3v) is 6.65. The van der Waals surface area contributed by atoms with Crippen molar-refractivity contribution in [2.75, 3.05) is 27.9 Å². The van der Waals surface area contributed by atoms with Crippen LogP contribution < -0.4 is 29.1 Å². The smallest absolute Gasteiger partial charge is 0.338 e. The Labute approximate surface area is 206 Å². The van der Waals surface area contributed by atoms with Crippen molar-refractivity contribution in [2.24, 2.45) is 4.99 Å². The number of rotatable bonds is 7. The number of esters is 1. The van der Waals surface area contributed by atoms with Crippen LogP contribution >= 0.6 is 11.3 Å². The number of thiazole rings is 1. The van der Waals surface area contributed by atoms with Crippen LogP contribution in [0.2, 0.25) is 0 Å². The molecule has 0 amide bonds. The molecule has 0 aliphatic carbocycles. The maximum absolute atomic E-state index is 13.7. The molecule has 1 aromatic heterocycles. The second-order valence-corrected chi connectivity index (χ2v) is 8.69. The van der Waals surface area contributed by atoms with Crippen molar-refractivity contribution in [3.05, 3.63) is 84.5 Å². The summed E-state index contributed by atoms with van der Waals surface area (Å²) in [6.45, 7) is 3.68. The third-order valence-electron chi connectivity index (χ3n) is 5.67. The molecule has 0 fully saturated rings. The minimum absolute atomic E-state index is 0.198. The van der Waals surface area contributed by atoms with E-state index in [2.05, 4.69) is 4.99 Å². The summed E-state index contributed by atoms with van der Waals surface area (Å²) in [6.07, 6.45) is 1.80. The average molecular weight is 495 g/mol. The van der Waals surface area contributed by atoms with Gasteiger partial charge in [-0.1, -0.05) is 23.5 Å². The highest BCUT2D eigenvalue weighted by molar-refractivity contribution is 7.07. The van der Waals surface area contributed by atoms with Crippen molar-refractivity contribution < 1.29 is 23.7 Å². The number of carbonyl (C=O) groups is 1. The first-order valence-electron chi connectivity index (χ1n) is 11.0. The van der Waals surface area contributed by atoms with Crippen molar-refractivity contribution >= 4 is 23.4 Å². The Balaban J connectivity index is 1.96. The van der Waals surface area contributed by atoms with Crippen molar-refractivity contribution in [2.45, 2.75) is 19.9 Å². The fourth-order valence-corrected chi connectivity index (χ4v) is 5.03. The quantitative estimate of drug-likeness (QED) is 0.470. The van der Waals surface area contributed by atoms with Gasteiger partial charge in [-0.05, 0) is 49.8 Å². The standard InChI is InChI=1S/C26H26N2O6S/c1-6-34-25(30)22-15(2)27-26-28(23(22)19-12-11-18(32-4)14-20(19)33-5)24(29)21(35-26)13-16-7-9-17(31-3)10-8-16/h7-14,23H,6H2,1-5H3. The number of methoxy groups -OCH3 is 3. The Morgan fingerprint density at radius 1 is 1.06 bits per heavy atom. The summed E-state index contributed by atoms with van der Waals surface area (Å²) >= 11 is 1.26. The van der Waals surface area contributed by atoms with Crippen LogP contribution in [-0.4, -0.2) is 38.5 Å². The van der Waals surface area contributed by atoms with Gasteiger partial charge in [0.2, 0.25) is 0 Å². The van der Waals surface area contributed by atoms with Crippen molar-refractivity contribution in [1.29, 1.82) is 0 Å². The van der Waals surface area contributed by atoms with Gasteiger partial charge in [-0.15, -0.1) is 0 Å². The van der Waals surface area contributed by atoms with E-state index in [1.54, 1.807) is 52.3 Å². The van der Waals surface area contributed by atoms with Crippen LogP contribution in [0.5, 0.6) is 17.2 Å². The Kier molecular flexibility index (Phi) is 7.07. The summed E-state index contributed by atoms with van der Waals surface area (Å²) < 4.78 is 23.5. The van der Waals surface area contributed by atoms with Gasteiger partial charge in [0.1, 0.15) is 23.3 Å². The molecule has 9 heteroatoms. The molecule has 0 spiro atoms. The molecule has 2 heterocycles. The summed E-state index contributed by atoms with van der Waals surface area (Å²) in [6, 6.07) is 11.9. The van der Waals surface area contributed by atoms with Gasteiger partial charge in [0.25, 0.3) is 5.56 Å². The minimum atomic E-state index is -0.774. The minimum Gasteiger partial charge on any atom is -0.497 e. The summed E-state index contributed by atoms with van der Waals surface area (Å²) in [4.78, 5) is 31.8. The van der Waals surface area contributed by atoms with Crippen molar-refractivity contribution in [3.8, 4) is 17.2 Å². The molecule has 1 unspecified atom stereocenters. The van der Waals surface area contributed by atoms with Gasteiger partial charge in [0.05, 0.1) is 43.7 Å². The summed E-state index contributed by atoms with van der Waals surface area (Å²) in [5, 5.41) is 0. The van der Waals surface area contributed by atoms with E-state index < -0.39 is 12.0 Å². The number of aromatic nitrogens is 1. The largest absolute Gasteiger partial charge is 0.497 e. The monoisotopic (exact) mass is 494 g/mol. The lowest BCUT2D eigenvalue weighted by molar-refractivity contribution is -0.139. The maximum atomic E-state index is 13.7. The van der Waals surface area contributed by atoms with E-state index in [4.69, 9.17) is 18.9 Å². The van der Waals surface area contributed by atoms with Gasteiger partial charge < -0.3 is 18.9 Å². The predicted molar refractivity (Wildman–Crippen MR) is 133 cm³/mol. The van der Waals surface area contributed by atoms with Crippen LogP contribution in [0.15, 0.2) is 63.5 Å². The molecule has 0 saturated carbocycles. The molecule has 35 heavy (non-hydrogen) atoms. The highest BCUT2D eigenvalue weighted by atomic mass is 32.1. The lowest BCUT2D eigenvalue weighted by atomic mass is 9.95. The Morgan fingerprint density at radius 2 is 1.74 bits per heavy atom. The molecule has 4 rings (SSSR count). The molecular formula is C26H26N2O6S. The Hall–Kier alpha value is -3.85. The number of ether oxygens (including phenoxy) is 4. The van der Waals surface area contributed by atoms with Crippen LogP contribution in [-0.2, 0) is 9.53 Å². The topological polar surface area (TPSA) is 88.4 Å². The van der Waals surface area contributed by atoms with E-state index in [1.807, 2.05) is 24.3 Å². The molecule has 0 saturated heterocycles. The number of fused-ring (bicyclic) bond motifs is 1. The maximum Gasteiger partial charge on any atom is 0.338 e. The van der Waals surface area contributed by atoms with E-state index in [1.165, 1.54) is 23.0 Å². The van der Waals surface area contributed by atoms with E-state index in [0.29, 0.717) is 37.7 Å². The van der Waals surface area contributed by atoms with E-state index >= 15 is 0 Å². The van der Waals surface area contributed by atoms with Crippen LogP contribution in [0.4, 0.5) is 0 Å². The van der Waals surface area contributed by atoms with E-state index in [0.717, 1.165) is 11.3 Å². The molecule has 3 aromatic rings. The average Bonchev–Trinajstić information content (AvgIpc) is 3.17. The first kappa shape index (κ1) is 24.3. The van der Waals surface area contributed by atoms with Gasteiger partial charge in [0.15, 0.2) is 4.80 Å². The fourth-order valence-electron chi connectivity index (χ4n) is 3.98. The number of carbonyl (C=O) groups excluding carboxylic acids is 1. The first-order chi connectivity index (χ1) is 16.9. The number of benzene rings is 2. The molecule has 1 atom stereocenters. The SMILES string of the molecule is CCOC(=O)C1=C(C)N=c2sc(=Cc3ccc(OC)cc3)c(=O)n2C1c1ccc(OC)cc1OC. The lowest BCUT2D eigenvalue weighted by Crippen LogP contribution is -2.40. The third kappa shape index (κ3) is 4.59. The van der Waals surface area contributed by atoms with Crippen LogP contribution in [0.3, 0.4) is 0 Å². The van der Waals surface area contributed by atoms with E-state index in [-0.39, 0.29) is 12.2 Å². The summed E-state index contributed by atoms with van der Waals surface area (Å²) in [5.74, 6) is 1.28. The number of allylic oxidation sites excluding steroid dienone is 1. The van der Waals surface area contributed by atoms with Gasteiger partial charge >= 0.3 is 5.97 Å². The highest BCUT2D eigenvalue weighted by Crippen LogP contribution is 2.37. The molecule has 0 radical (unpaired) electrons. The Morgan fingerprint density at radius 3 is 2.37 bits per heavy atom. The van der Waals surface area contributed by atoms with Gasteiger partial charge in [-0.3, -0.25) is 9.36 Å².